The largest absolute Gasteiger partial charge is 0.389 e. The summed E-state index contributed by atoms with van der Waals surface area (Å²) in [6.07, 6.45) is 3.59. The summed E-state index contributed by atoms with van der Waals surface area (Å²) < 4.78 is 1.73. The standard InChI is InChI=1S/C12H15N3O/c1-12(2,16)9-15-8-6-11(14-15)10-5-3-4-7-13-10/h3-8,16H,9H2,1-2H3. The average Bonchev–Trinajstić information content (AvgIpc) is 2.65. The summed E-state index contributed by atoms with van der Waals surface area (Å²) in [5.41, 5.74) is 0.912. The topological polar surface area (TPSA) is 50.9 Å². The summed E-state index contributed by atoms with van der Waals surface area (Å²) in [4.78, 5) is 4.22. The van der Waals surface area contributed by atoms with E-state index in [0.717, 1.165) is 11.4 Å². The Bertz CT molecular complexity index is 457. The molecule has 4 heteroatoms. The summed E-state index contributed by atoms with van der Waals surface area (Å²) in [5, 5.41) is 14.0. The lowest BCUT2D eigenvalue weighted by Gasteiger charge is -2.16. The van der Waals surface area contributed by atoms with Crippen LogP contribution in [0.2, 0.25) is 0 Å². The molecule has 84 valence electrons. The fraction of sp³-hybridized carbons (Fsp3) is 0.333. The minimum absolute atomic E-state index is 0.472. The predicted octanol–water partition coefficient (Wildman–Crippen LogP) is 1.72. The van der Waals surface area contributed by atoms with E-state index in [1.807, 2.05) is 30.5 Å². The average molecular weight is 217 g/mol. The Morgan fingerprint density at radius 1 is 1.25 bits per heavy atom. The van der Waals surface area contributed by atoms with Crippen LogP contribution in [0.15, 0.2) is 36.7 Å². The van der Waals surface area contributed by atoms with Crippen molar-refractivity contribution in [2.24, 2.45) is 0 Å². The van der Waals surface area contributed by atoms with Crippen LogP contribution in [-0.2, 0) is 6.54 Å². The second-order valence-corrected chi connectivity index (χ2v) is 4.43. The molecule has 0 aliphatic rings. The fourth-order valence-corrected chi connectivity index (χ4v) is 1.50. The van der Waals surface area contributed by atoms with Gasteiger partial charge in [0.05, 0.1) is 17.8 Å². The third kappa shape index (κ3) is 2.67. The van der Waals surface area contributed by atoms with Gasteiger partial charge < -0.3 is 5.11 Å². The molecule has 2 aromatic rings. The van der Waals surface area contributed by atoms with Gasteiger partial charge in [-0.15, -0.1) is 0 Å². The van der Waals surface area contributed by atoms with E-state index in [9.17, 15) is 5.11 Å². The smallest absolute Gasteiger partial charge is 0.111 e. The van der Waals surface area contributed by atoms with Crippen molar-refractivity contribution in [2.45, 2.75) is 26.0 Å². The first-order valence-electron chi connectivity index (χ1n) is 5.22. The number of rotatable bonds is 3. The van der Waals surface area contributed by atoms with Gasteiger partial charge in [0.25, 0.3) is 0 Å². The summed E-state index contributed by atoms with van der Waals surface area (Å²) in [6.45, 7) is 3.99. The minimum atomic E-state index is -0.757. The van der Waals surface area contributed by atoms with Crippen molar-refractivity contribution >= 4 is 0 Å². The van der Waals surface area contributed by atoms with Crippen molar-refractivity contribution in [1.82, 2.24) is 14.8 Å². The molecule has 0 spiro atoms. The third-order valence-electron chi connectivity index (χ3n) is 2.12. The van der Waals surface area contributed by atoms with E-state index >= 15 is 0 Å². The van der Waals surface area contributed by atoms with Crippen LogP contribution in [0.4, 0.5) is 0 Å². The number of nitrogens with zero attached hydrogens (tertiary/aromatic N) is 3. The van der Waals surface area contributed by atoms with Gasteiger partial charge in [-0.1, -0.05) is 6.07 Å². The summed E-state index contributed by atoms with van der Waals surface area (Å²) >= 11 is 0. The molecule has 2 aromatic heterocycles. The molecule has 0 aliphatic carbocycles. The fourth-order valence-electron chi connectivity index (χ4n) is 1.50. The molecule has 0 amide bonds. The van der Waals surface area contributed by atoms with Crippen LogP contribution in [-0.4, -0.2) is 25.5 Å². The van der Waals surface area contributed by atoms with E-state index in [2.05, 4.69) is 10.1 Å². The van der Waals surface area contributed by atoms with E-state index in [0.29, 0.717) is 6.54 Å². The highest BCUT2D eigenvalue weighted by Crippen LogP contribution is 2.14. The Labute approximate surface area is 94.6 Å². The highest BCUT2D eigenvalue weighted by atomic mass is 16.3. The molecule has 0 atom stereocenters. The quantitative estimate of drug-likeness (QED) is 0.851. The first kappa shape index (κ1) is 10.8. The third-order valence-corrected chi connectivity index (χ3v) is 2.12. The van der Waals surface area contributed by atoms with Crippen LogP contribution >= 0.6 is 0 Å². The molecule has 0 aliphatic heterocycles. The van der Waals surface area contributed by atoms with Gasteiger partial charge in [0.1, 0.15) is 5.69 Å². The molecule has 2 rings (SSSR count). The zero-order valence-corrected chi connectivity index (χ0v) is 9.46. The van der Waals surface area contributed by atoms with E-state index in [4.69, 9.17) is 0 Å². The number of hydrogen-bond donors (Lipinski definition) is 1. The molecule has 2 heterocycles. The normalized spacial score (nSPS) is 11.7. The predicted molar refractivity (Wildman–Crippen MR) is 61.8 cm³/mol. The van der Waals surface area contributed by atoms with E-state index in [-0.39, 0.29) is 0 Å². The van der Waals surface area contributed by atoms with Crippen LogP contribution in [0, 0.1) is 0 Å². The molecule has 0 bridgehead atoms. The van der Waals surface area contributed by atoms with Crippen LogP contribution in [0.5, 0.6) is 0 Å². The van der Waals surface area contributed by atoms with E-state index in [1.54, 1.807) is 24.7 Å². The molecule has 0 aromatic carbocycles. The van der Waals surface area contributed by atoms with Gasteiger partial charge >= 0.3 is 0 Å². The molecule has 1 N–H and O–H groups in total. The SMILES string of the molecule is CC(C)(O)Cn1ccc(-c2ccccn2)n1. The van der Waals surface area contributed by atoms with Crippen LogP contribution < -0.4 is 0 Å². The minimum Gasteiger partial charge on any atom is -0.389 e. The number of hydrogen-bond acceptors (Lipinski definition) is 3. The second-order valence-electron chi connectivity index (χ2n) is 4.43. The lowest BCUT2D eigenvalue weighted by molar-refractivity contribution is 0.0578. The first-order chi connectivity index (χ1) is 7.54. The number of aliphatic hydroxyl groups is 1. The molecule has 0 saturated carbocycles. The van der Waals surface area contributed by atoms with E-state index < -0.39 is 5.60 Å². The molecule has 0 unspecified atom stereocenters. The van der Waals surface area contributed by atoms with Gasteiger partial charge in [0.15, 0.2) is 0 Å². The lowest BCUT2D eigenvalue weighted by Crippen LogP contribution is -2.26. The molecular weight excluding hydrogens is 202 g/mol. The van der Waals surface area contributed by atoms with Gasteiger partial charge in [-0.2, -0.15) is 5.10 Å². The number of pyridine rings is 1. The van der Waals surface area contributed by atoms with Gasteiger partial charge in [-0.25, -0.2) is 0 Å². The maximum Gasteiger partial charge on any atom is 0.111 e. The molecule has 0 radical (unpaired) electrons. The maximum absolute atomic E-state index is 9.67. The highest BCUT2D eigenvalue weighted by molar-refractivity contribution is 5.52. The Hall–Kier alpha value is -1.68. The van der Waals surface area contributed by atoms with Gasteiger partial charge in [0, 0.05) is 12.4 Å². The van der Waals surface area contributed by atoms with Gasteiger partial charge in [-0.05, 0) is 32.0 Å². The van der Waals surface area contributed by atoms with E-state index in [1.165, 1.54) is 0 Å². The van der Waals surface area contributed by atoms with Crippen molar-refractivity contribution in [2.75, 3.05) is 0 Å². The van der Waals surface area contributed by atoms with Gasteiger partial charge in [0.2, 0.25) is 0 Å². The van der Waals surface area contributed by atoms with Crippen molar-refractivity contribution in [3.05, 3.63) is 36.7 Å². The van der Waals surface area contributed by atoms with Crippen LogP contribution in [0.1, 0.15) is 13.8 Å². The Balaban J connectivity index is 2.21. The summed E-state index contributed by atoms with van der Waals surface area (Å²) in [5.74, 6) is 0. The Morgan fingerprint density at radius 2 is 2.06 bits per heavy atom. The summed E-state index contributed by atoms with van der Waals surface area (Å²) in [7, 11) is 0. The highest BCUT2D eigenvalue weighted by Gasteiger charge is 2.14. The monoisotopic (exact) mass is 217 g/mol. The van der Waals surface area contributed by atoms with Crippen LogP contribution in [0.25, 0.3) is 11.4 Å². The zero-order valence-electron chi connectivity index (χ0n) is 9.46. The molecule has 0 saturated heterocycles. The van der Waals surface area contributed by atoms with Crippen molar-refractivity contribution in [1.29, 1.82) is 0 Å². The second kappa shape index (κ2) is 4.06. The molecule has 16 heavy (non-hydrogen) atoms. The summed E-state index contributed by atoms with van der Waals surface area (Å²) in [6, 6.07) is 7.61. The lowest BCUT2D eigenvalue weighted by atomic mass is 10.1. The van der Waals surface area contributed by atoms with Crippen molar-refractivity contribution in [3.8, 4) is 11.4 Å². The maximum atomic E-state index is 9.67. The van der Waals surface area contributed by atoms with Crippen molar-refractivity contribution in [3.63, 3.8) is 0 Å². The zero-order chi connectivity index (χ0) is 11.6. The van der Waals surface area contributed by atoms with Crippen LogP contribution in [0.3, 0.4) is 0 Å². The first-order valence-corrected chi connectivity index (χ1v) is 5.22. The molecule has 0 fully saturated rings. The van der Waals surface area contributed by atoms with Gasteiger partial charge in [-0.3, -0.25) is 9.67 Å². The molecular formula is C12H15N3O. The number of aromatic nitrogens is 3. The Morgan fingerprint density at radius 3 is 2.69 bits per heavy atom. The van der Waals surface area contributed by atoms with Crippen molar-refractivity contribution < 1.29 is 5.11 Å². The molecule has 4 nitrogen and oxygen atoms in total. The Kier molecular flexibility index (Phi) is 2.75.